The zero-order valence-electron chi connectivity index (χ0n) is 14.9. The molecule has 12 heteroatoms. The SMILES string of the molecule is CCOC(=O)[C@H](CS)NC(=O)c1cc2nc(-c3cccs3)cc(C(F)(F)F)n2n1. The molecule has 0 fully saturated rings. The lowest BCUT2D eigenvalue weighted by molar-refractivity contribution is -0.144. The summed E-state index contributed by atoms with van der Waals surface area (Å²) in [5.41, 5.74) is -1.41. The van der Waals surface area contributed by atoms with Gasteiger partial charge in [0.05, 0.1) is 17.2 Å². The number of esters is 1. The maximum atomic E-state index is 13.5. The minimum absolute atomic E-state index is 0.0491. The normalized spacial score (nSPS) is 12.7. The molecule has 3 aromatic rings. The number of amides is 1. The van der Waals surface area contributed by atoms with Crippen molar-refractivity contribution >= 4 is 41.5 Å². The van der Waals surface area contributed by atoms with Crippen molar-refractivity contribution in [1.29, 1.82) is 0 Å². The number of thiol groups is 1. The molecular formula is C17H15F3N4O3S2. The summed E-state index contributed by atoms with van der Waals surface area (Å²) in [6.07, 6.45) is -4.72. The summed E-state index contributed by atoms with van der Waals surface area (Å²) in [7, 11) is 0. The molecule has 0 bridgehead atoms. The number of fused-ring (bicyclic) bond motifs is 1. The van der Waals surface area contributed by atoms with E-state index in [1.807, 2.05) is 0 Å². The van der Waals surface area contributed by atoms with Gasteiger partial charge in [-0.15, -0.1) is 11.3 Å². The zero-order valence-corrected chi connectivity index (χ0v) is 16.6. The maximum absolute atomic E-state index is 13.5. The Morgan fingerprint density at radius 1 is 1.38 bits per heavy atom. The summed E-state index contributed by atoms with van der Waals surface area (Å²) in [4.78, 5) is 29.0. The quantitative estimate of drug-likeness (QED) is 0.451. The van der Waals surface area contributed by atoms with E-state index in [0.29, 0.717) is 9.39 Å². The van der Waals surface area contributed by atoms with Crippen molar-refractivity contribution in [2.24, 2.45) is 0 Å². The average molecular weight is 444 g/mol. The third kappa shape index (κ3) is 4.53. The van der Waals surface area contributed by atoms with E-state index in [1.54, 1.807) is 24.4 Å². The Labute approximate surface area is 172 Å². The fourth-order valence-corrected chi connectivity index (χ4v) is 3.42. The molecule has 0 unspecified atom stereocenters. The van der Waals surface area contributed by atoms with Crippen LogP contribution in [0.4, 0.5) is 13.2 Å². The zero-order chi connectivity index (χ0) is 21.2. The molecule has 154 valence electrons. The Morgan fingerprint density at radius 3 is 2.72 bits per heavy atom. The van der Waals surface area contributed by atoms with Gasteiger partial charge in [0.15, 0.2) is 17.0 Å². The Bertz CT molecular complexity index is 1030. The van der Waals surface area contributed by atoms with E-state index >= 15 is 0 Å². The van der Waals surface area contributed by atoms with E-state index in [2.05, 4.69) is 28.0 Å². The van der Waals surface area contributed by atoms with E-state index in [1.165, 1.54) is 11.3 Å². The lowest BCUT2D eigenvalue weighted by Crippen LogP contribution is -2.43. The first-order valence-electron chi connectivity index (χ1n) is 8.34. The van der Waals surface area contributed by atoms with Crippen LogP contribution in [0.3, 0.4) is 0 Å². The lowest BCUT2D eigenvalue weighted by Gasteiger charge is -2.14. The van der Waals surface area contributed by atoms with Gasteiger partial charge in [-0.1, -0.05) is 6.07 Å². The monoisotopic (exact) mass is 444 g/mol. The minimum atomic E-state index is -4.72. The number of rotatable bonds is 6. The molecule has 0 spiro atoms. The number of hydrogen-bond acceptors (Lipinski definition) is 7. The van der Waals surface area contributed by atoms with Gasteiger partial charge >= 0.3 is 12.1 Å². The highest BCUT2D eigenvalue weighted by atomic mass is 32.1. The number of thiophene rings is 1. The van der Waals surface area contributed by atoms with Gasteiger partial charge in [0, 0.05) is 11.8 Å². The number of ether oxygens (including phenoxy) is 1. The van der Waals surface area contributed by atoms with Gasteiger partial charge in [-0.25, -0.2) is 14.3 Å². The number of alkyl halides is 3. The highest BCUT2D eigenvalue weighted by Gasteiger charge is 2.36. The first kappa shape index (κ1) is 21.1. The molecule has 3 rings (SSSR count). The van der Waals surface area contributed by atoms with Crippen LogP contribution >= 0.6 is 24.0 Å². The molecule has 1 atom stereocenters. The minimum Gasteiger partial charge on any atom is -0.464 e. The summed E-state index contributed by atoms with van der Waals surface area (Å²) in [6.45, 7) is 1.71. The molecule has 0 aromatic carbocycles. The number of carbonyl (C=O) groups excluding carboxylic acids is 2. The van der Waals surface area contributed by atoms with Crippen LogP contribution in [-0.2, 0) is 15.7 Å². The Morgan fingerprint density at radius 2 is 2.14 bits per heavy atom. The van der Waals surface area contributed by atoms with Crippen LogP contribution in [0.5, 0.6) is 0 Å². The fourth-order valence-electron chi connectivity index (χ4n) is 2.49. The van der Waals surface area contributed by atoms with Gasteiger partial charge in [-0.2, -0.15) is 30.9 Å². The molecule has 0 aliphatic rings. The molecule has 29 heavy (non-hydrogen) atoms. The second-order valence-electron chi connectivity index (χ2n) is 5.76. The van der Waals surface area contributed by atoms with E-state index in [-0.39, 0.29) is 29.4 Å². The van der Waals surface area contributed by atoms with Crippen molar-refractivity contribution in [3.05, 3.63) is 41.0 Å². The average Bonchev–Trinajstić information content (AvgIpc) is 3.33. The van der Waals surface area contributed by atoms with Crippen LogP contribution in [-0.4, -0.2) is 44.9 Å². The van der Waals surface area contributed by atoms with Crippen molar-refractivity contribution in [3.8, 4) is 10.6 Å². The predicted octanol–water partition coefficient (Wildman–Crippen LogP) is 3.07. The summed E-state index contributed by atoms with van der Waals surface area (Å²) < 4.78 is 46.0. The number of halogens is 3. The maximum Gasteiger partial charge on any atom is 0.433 e. The topological polar surface area (TPSA) is 85.6 Å². The van der Waals surface area contributed by atoms with E-state index in [9.17, 15) is 22.8 Å². The molecule has 0 saturated carbocycles. The van der Waals surface area contributed by atoms with Crippen molar-refractivity contribution in [2.75, 3.05) is 12.4 Å². The van der Waals surface area contributed by atoms with Crippen LogP contribution in [0.1, 0.15) is 23.1 Å². The van der Waals surface area contributed by atoms with Crippen LogP contribution in [0.2, 0.25) is 0 Å². The molecule has 1 N–H and O–H groups in total. The van der Waals surface area contributed by atoms with E-state index in [4.69, 9.17) is 4.74 Å². The number of nitrogens with zero attached hydrogens (tertiary/aromatic N) is 3. The van der Waals surface area contributed by atoms with Crippen molar-refractivity contribution in [2.45, 2.75) is 19.1 Å². The fraction of sp³-hybridized carbons (Fsp3) is 0.294. The molecule has 3 heterocycles. The first-order valence-corrected chi connectivity index (χ1v) is 9.86. The van der Waals surface area contributed by atoms with Gasteiger partial charge < -0.3 is 10.1 Å². The standard InChI is InChI=1S/C17H15F3N4O3S2/c1-2-27-16(26)11(8-28)22-15(25)10-7-14-21-9(12-4-3-5-29-12)6-13(17(18,19)20)24(14)23-10/h3-7,11,28H,2,8H2,1H3,(H,22,25)/t11-/m0/s1. The second kappa shape index (κ2) is 8.41. The third-order valence-electron chi connectivity index (χ3n) is 3.78. The number of hydrogen-bond donors (Lipinski definition) is 2. The molecule has 1 amide bonds. The molecule has 3 aromatic heterocycles. The lowest BCUT2D eigenvalue weighted by atomic mass is 10.2. The molecule has 0 aliphatic heterocycles. The smallest absolute Gasteiger partial charge is 0.433 e. The first-order chi connectivity index (χ1) is 13.7. The highest BCUT2D eigenvalue weighted by Crippen LogP contribution is 2.33. The van der Waals surface area contributed by atoms with Gasteiger partial charge in [0.2, 0.25) is 0 Å². The number of carbonyl (C=O) groups is 2. The summed E-state index contributed by atoms with van der Waals surface area (Å²) in [6, 6.07) is 4.28. The van der Waals surface area contributed by atoms with Gasteiger partial charge in [0.1, 0.15) is 6.04 Å². The Hall–Kier alpha value is -2.60. The summed E-state index contributed by atoms with van der Waals surface area (Å²) in [5.74, 6) is -1.59. The molecular weight excluding hydrogens is 429 g/mol. The number of nitrogens with one attached hydrogen (secondary N) is 1. The Balaban J connectivity index is 2.00. The van der Waals surface area contributed by atoms with Crippen molar-refractivity contribution in [1.82, 2.24) is 19.9 Å². The van der Waals surface area contributed by atoms with E-state index < -0.39 is 29.8 Å². The van der Waals surface area contributed by atoms with Gasteiger partial charge in [0.25, 0.3) is 5.91 Å². The van der Waals surface area contributed by atoms with Crippen LogP contribution < -0.4 is 5.32 Å². The molecule has 7 nitrogen and oxygen atoms in total. The number of aromatic nitrogens is 3. The van der Waals surface area contributed by atoms with Gasteiger partial charge in [-0.05, 0) is 24.4 Å². The Kier molecular flexibility index (Phi) is 6.13. The highest BCUT2D eigenvalue weighted by molar-refractivity contribution is 7.80. The van der Waals surface area contributed by atoms with Crippen molar-refractivity contribution in [3.63, 3.8) is 0 Å². The van der Waals surface area contributed by atoms with Crippen LogP contribution in [0.25, 0.3) is 16.2 Å². The van der Waals surface area contributed by atoms with E-state index in [0.717, 1.165) is 12.1 Å². The summed E-state index contributed by atoms with van der Waals surface area (Å²) in [5, 5.41) is 7.82. The van der Waals surface area contributed by atoms with Crippen LogP contribution in [0, 0.1) is 0 Å². The molecule has 0 aliphatic carbocycles. The van der Waals surface area contributed by atoms with Crippen molar-refractivity contribution < 1.29 is 27.5 Å². The largest absolute Gasteiger partial charge is 0.464 e. The predicted molar refractivity (Wildman–Crippen MR) is 103 cm³/mol. The second-order valence-corrected chi connectivity index (χ2v) is 7.07. The van der Waals surface area contributed by atoms with Gasteiger partial charge in [-0.3, -0.25) is 4.79 Å². The summed E-state index contributed by atoms with van der Waals surface area (Å²) >= 11 is 5.22. The molecule has 0 saturated heterocycles. The van der Waals surface area contributed by atoms with Crippen LogP contribution in [0.15, 0.2) is 29.6 Å². The molecule has 0 radical (unpaired) electrons. The third-order valence-corrected chi connectivity index (χ3v) is 5.04.